The molecule has 2 saturated heterocycles. The number of hydrogen-bond acceptors (Lipinski definition) is 9. The molecule has 0 bridgehead atoms. The molecule has 2 fully saturated rings. The predicted octanol–water partition coefficient (Wildman–Crippen LogP) is 2.84. The zero-order valence-electron chi connectivity index (χ0n) is 22.1. The molecule has 0 saturated carbocycles. The molecule has 7 rings (SSSR count). The monoisotopic (exact) mass is 538 g/mol. The summed E-state index contributed by atoms with van der Waals surface area (Å²) >= 11 is 0. The van der Waals surface area contributed by atoms with Crippen LogP contribution in [0.15, 0.2) is 48.9 Å². The molecule has 2 aliphatic rings. The Morgan fingerprint density at radius 3 is 2.67 bits per heavy atom. The molecule has 12 heteroatoms. The first-order chi connectivity index (χ1) is 19.7. The van der Waals surface area contributed by atoms with E-state index in [1.54, 1.807) is 6.33 Å². The molecule has 2 N–H and O–H groups in total. The summed E-state index contributed by atoms with van der Waals surface area (Å²) in [4.78, 5) is 43.4. The van der Waals surface area contributed by atoms with E-state index in [1.165, 1.54) is 0 Å². The Balaban J connectivity index is 1.20. The Morgan fingerprint density at radius 2 is 1.88 bits per heavy atom. The van der Waals surface area contributed by atoms with Gasteiger partial charge in [0.1, 0.15) is 17.2 Å². The van der Waals surface area contributed by atoms with Gasteiger partial charge in [-0.05, 0) is 30.7 Å². The Morgan fingerprint density at radius 1 is 0.975 bits per heavy atom. The number of benzene rings is 1. The lowest BCUT2D eigenvalue weighted by Crippen LogP contribution is -2.36. The SMILES string of the molecule is O=C1CCCN1CCn1cnc2c(NCc3nc4ccccc4[nH]3)nc(-c3ccc(N4CCOCC4)nc3)nc21. The van der Waals surface area contributed by atoms with Gasteiger partial charge in [0, 0.05) is 50.9 Å². The Bertz CT molecular complexity index is 1620. The summed E-state index contributed by atoms with van der Waals surface area (Å²) in [5.41, 5.74) is 4.10. The number of likely N-dealkylation sites (tertiary alicyclic amines) is 1. The standard InChI is InChI=1S/C28H30N10O2/c39-24-6-3-9-37(24)10-11-38-18-31-25-27(30-17-22-32-20-4-1-2-5-21(20)33-22)34-26(35-28(25)38)19-7-8-23(29-16-19)36-12-14-40-15-13-36/h1-2,4-5,7-8,16,18H,3,6,9-15,17H2,(H,32,33)(H,30,34,35). The smallest absolute Gasteiger partial charge is 0.222 e. The summed E-state index contributed by atoms with van der Waals surface area (Å²) in [6, 6.07) is 12.0. The Kier molecular flexibility index (Phi) is 6.44. The first-order valence-corrected chi connectivity index (χ1v) is 13.7. The molecule has 40 heavy (non-hydrogen) atoms. The average molecular weight is 539 g/mol. The molecule has 0 aliphatic carbocycles. The number of nitrogens with one attached hydrogen (secondary N) is 2. The number of aromatic amines is 1. The van der Waals surface area contributed by atoms with Crippen LogP contribution in [0.1, 0.15) is 18.7 Å². The van der Waals surface area contributed by atoms with Crippen molar-refractivity contribution in [2.75, 3.05) is 49.6 Å². The quantitative estimate of drug-likeness (QED) is 0.306. The van der Waals surface area contributed by atoms with Gasteiger partial charge in [-0.3, -0.25) is 4.79 Å². The minimum absolute atomic E-state index is 0.208. The van der Waals surface area contributed by atoms with Crippen molar-refractivity contribution in [3.05, 3.63) is 54.7 Å². The summed E-state index contributed by atoms with van der Waals surface area (Å²) in [5.74, 6) is 3.10. The molecule has 6 heterocycles. The molecule has 0 unspecified atom stereocenters. The molecule has 0 atom stereocenters. The van der Waals surface area contributed by atoms with Crippen molar-refractivity contribution in [1.82, 2.24) is 39.4 Å². The molecule has 0 radical (unpaired) electrons. The fourth-order valence-corrected chi connectivity index (χ4v) is 5.28. The van der Waals surface area contributed by atoms with Gasteiger partial charge in [0.15, 0.2) is 17.3 Å². The van der Waals surface area contributed by atoms with Gasteiger partial charge in [-0.25, -0.2) is 24.9 Å². The number of para-hydroxylation sites is 2. The van der Waals surface area contributed by atoms with Gasteiger partial charge in [-0.1, -0.05) is 12.1 Å². The van der Waals surface area contributed by atoms with Crippen LogP contribution in [0.25, 0.3) is 33.6 Å². The van der Waals surface area contributed by atoms with Crippen LogP contribution in [-0.4, -0.2) is 84.7 Å². The highest BCUT2D eigenvalue weighted by Crippen LogP contribution is 2.26. The van der Waals surface area contributed by atoms with E-state index in [2.05, 4.69) is 25.2 Å². The van der Waals surface area contributed by atoms with E-state index in [0.717, 1.165) is 54.3 Å². The first-order valence-electron chi connectivity index (χ1n) is 13.7. The number of anilines is 2. The fourth-order valence-electron chi connectivity index (χ4n) is 5.28. The van der Waals surface area contributed by atoms with Crippen LogP contribution < -0.4 is 10.2 Å². The van der Waals surface area contributed by atoms with Gasteiger partial charge in [-0.15, -0.1) is 0 Å². The van der Waals surface area contributed by atoms with E-state index in [9.17, 15) is 4.79 Å². The van der Waals surface area contributed by atoms with Crippen LogP contribution in [0.4, 0.5) is 11.6 Å². The number of ether oxygens (including phenoxy) is 1. The van der Waals surface area contributed by atoms with Crippen LogP contribution in [-0.2, 0) is 22.6 Å². The lowest BCUT2D eigenvalue weighted by atomic mass is 10.2. The Labute approximate surface area is 230 Å². The maximum Gasteiger partial charge on any atom is 0.222 e. The van der Waals surface area contributed by atoms with E-state index in [0.29, 0.717) is 62.1 Å². The minimum Gasteiger partial charge on any atom is -0.378 e. The first kappa shape index (κ1) is 24.5. The van der Waals surface area contributed by atoms with Crippen LogP contribution >= 0.6 is 0 Å². The van der Waals surface area contributed by atoms with Gasteiger partial charge in [0.2, 0.25) is 5.91 Å². The van der Waals surface area contributed by atoms with Crippen molar-refractivity contribution in [1.29, 1.82) is 0 Å². The summed E-state index contributed by atoms with van der Waals surface area (Å²) in [5, 5.41) is 3.43. The molecule has 1 aromatic carbocycles. The molecule has 12 nitrogen and oxygen atoms in total. The van der Waals surface area contributed by atoms with Crippen molar-refractivity contribution >= 4 is 39.7 Å². The number of carbonyl (C=O) groups excluding carboxylic acids is 1. The van der Waals surface area contributed by atoms with Gasteiger partial charge < -0.3 is 29.4 Å². The van der Waals surface area contributed by atoms with E-state index >= 15 is 0 Å². The maximum atomic E-state index is 12.2. The van der Waals surface area contributed by atoms with Crippen LogP contribution in [0, 0.1) is 0 Å². The van der Waals surface area contributed by atoms with Crippen LogP contribution in [0.2, 0.25) is 0 Å². The maximum absolute atomic E-state index is 12.2. The number of morpholine rings is 1. The number of pyridine rings is 1. The third-order valence-corrected chi connectivity index (χ3v) is 7.45. The lowest BCUT2D eigenvalue weighted by Gasteiger charge is -2.27. The van der Waals surface area contributed by atoms with Gasteiger partial charge in [0.05, 0.1) is 37.1 Å². The highest BCUT2D eigenvalue weighted by Gasteiger charge is 2.21. The molecule has 5 aromatic rings. The van der Waals surface area contributed by atoms with Crippen molar-refractivity contribution in [3.8, 4) is 11.4 Å². The molecule has 2 aliphatic heterocycles. The average Bonchev–Trinajstić information content (AvgIpc) is 3.73. The number of imidazole rings is 2. The van der Waals surface area contributed by atoms with E-state index in [1.807, 2.05) is 52.1 Å². The molecule has 204 valence electrons. The lowest BCUT2D eigenvalue weighted by molar-refractivity contribution is -0.127. The zero-order chi connectivity index (χ0) is 26.9. The van der Waals surface area contributed by atoms with Crippen molar-refractivity contribution in [2.24, 2.45) is 0 Å². The highest BCUT2D eigenvalue weighted by molar-refractivity contribution is 5.85. The second-order valence-electron chi connectivity index (χ2n) is 10.0. The molecule has 1 amide bonds. The third kappa shape index (κ3) is 4.81. The van der Waals surface area contributed by atoms with Gasteiger partial charge >= 0.3 is 0 Å². The van der Waals surface area contributed by atoms with Crippen LogP contribution in [0.3, 0.4) is 0 Å². The second-order valence-corrected chi connectivity index (χ2v) is 10.0. The number of nitrogens with zero attached hydrogens (tertiary/aromatic N) is 8. The van der Waals surface area contributed by atoms with E-state index in [-0.39, 0.29) is 5.91 Å². The molecule has 0 spiro atoms. The van der Waals surface area contributed by atoms with Crippen molar-refractivity contribution < 1.29 is 9.53 Å². The number of fused-ring (bicyclic) bond motifs is 2. The number of rotatable bonds is 8. The molecule has 4 aromatic heterocycles. The second kappa shape index (κ2) is 10.5. The topological polar surface area (TPSA) is 130 Å². The van der Waals surface area contributed by atoms with Gasteiger partial charge in [0.25, 0.3) is 0 Å². The van der Waals surface area contributed by atoms with Crippen LogP contribution in [0.5, 0.6) is 0 Å². The summed E-state index contributed by atoms with van der Waals surface area (Å²) in [7, 11) is 0. The largest absolute Gasteiger partial charge is 0.378 e. The molecular weight excluding hydrogens is 508 g/mol. The number of hydrogen-bond donors (Lipinski definition) is 2. The Hall–Kier alpha value is -4.58. The number of carbonyl (C=O) groups is 1. The van der Waals surface area contributed by atoms with Crippen molar-refractivity contribution in [3.63, 3.8) is 0 Å². The summed E-state index contributed by atoms with van der Waals surface area (Å²) in [6.45, 7) is 5.54. The minimum atomic E-state index is 0.208. The predicted molar refractivity (Wildman–Crippen MR) is 151 cm³/mol. The fraction of sp³-hybridized carbons (Fsp3) is 0.357. The van der Waals surface area contributed by atoms with Crippen molar-refractivity contribution in [2.45, 2.75) is 25.9 Å². The zero-order valence-corrected chi connectivity index (χ0v) is 22.1. The number of H-pyrrole nitrogens is 1. The number of amides is 1. The highest BCUT2D eigenvalue weighted by atomic mass is 16.5. The number of aromatic nitrogens is 7. The molecular formula is C28H30N10O2. The third-order valence-electron chi connectivity index (χ3n) is 7.45. The van der Waals surface area contributed by atoms with Gasteiger partial charge in [-0.2, -0.15) is 0 Å². The summed E-state index contributed by atoms with van der Waals surface area (Å²) in [6.07, 6.45) is 5.13. The van der Waals surface area contributed by atoms with E-state index in [4.69, 9.17) is 19.7 Å². The normalized spacial score (nSPS) is 15.9. The van der Waals surface area contributed by atoms with E-state index < -0.39 is 0 Å². The summed E-state index contributed by atoms with van der Waals surface area (Å²) < 4.78 is 7.46.